The average Bonchev–Trinajstić information content (AvgIpc) is 3.37. The van der Waals surface area contributed by atoms with E-state index in [1.54, 1.807) is 6.07 Å². The third-order valence-electron chi connectivity index (χ3n) is 4.56. The van der Waals surface area contributed by atoms with E-state index in [1.807, 2.05) is 24.3 Å². The highest BCUT2D eigenvalue weighted by atomic mass is 16.2. The largest absolute Gasteiger partial charge is 0.349 e. The number of hydrogen-bond donors (Lipinski definition) is 2. The highest BCUT2D eigenvalue weighted by Gasteiger charge is 2.42. The van der Waals surface area contributed by atoms with Gasteiger partial charge in [-0.2, -0.15) is 0 Å². The number of carbonyl (C=O) groups is 1. The minimum Gasteiger partial charge on any atom is -0.349 e. The molecule has 0 atom stereocenters. The van der Waals surface area contributed by atoms with Crippen molar-refractivity contribution in [2.45, 2.75) is 31.7 Å². The minimum absolute atomic E-state index is 0.222. The number of amides is 1. The second kappa shape index (κ2) is 4.72. The standard InChI is InChI=1S/C17H18N2O2/c20-16-13(9-12-3-1-2-4-14(12)18-16)17(21)19-15(10-5-6-10)11-7-8-11/h1-4,9-11,15H,5-8H2,(H,18,20)(H,19,21). The molecule has 0 unspecified atom stereocenters. The molecule has 2 saturated carbocycles. The number of para-hydroxylation sites is 1. The Labute approximate surface area is 122 Å². The summed E-state index contributed by atoms with van der Waals surface area (Å²) in [6.45, 7) is 0. The van der Waals surface area contributed by atoms with Crippen LogP contribution in [0.5, 0.6) is 0 Å². The highest BCUT2D eigenvalue weighted by molar-refractivity contribution is 5.97. The fourth-order valence-corrected chi connectivity index (χ4v) is 3.08. The minimum atomic E-state index is -0.309. The Bertz CT molecular complexity index is 745. The van der Waals surface area contributed by atoms with Gasteiger partial charge in [0.1, 0.15) is 5.56 Å². The van der Waals surface area contributed by atoms with Gasteiger partial charge in [-0.1, -0.05) is 18.2 Å². The van der Waals surface area contributed by atoms with Crippen molar-refractivity contribution in [3.63, 3.8) is 0 Å². The maximum absolute atomic E-state index is 12.5. The summed E-state index contributed by atoms with van der Waals surface area (Å²) >= 11 is 0. The van der Waals surface area contributed by atoms with Crippen molar-refractivity contribution >= 4 is 16.8 Å². The van der Waals surface area contributed by atoms with E-state index in [4.69, 9.17) is 0 Å². The van der Waals surface area contributed by atoms with Crippen LogP contribution in [0.25, 0.3) is 10.9 Å². The van der Waals surface area contributed by atoms with Gasteiger partial charge in [0.15, 0.2) is 0 Å². The zero-order chi connectivity index (χ0) is 14.4. The fraction of sp³-hybridized carbons (Fsp3) is 0.412. The van der Waals surface area contributed by atoms with Crippen LogP contribution in [0.4, 0.5) is 0 Å². The molecule has 0 bridgehead atoms. The predicted molar refractivity (Wildman–Crippen MR) is 81.3 cm³/mol. The van der Waals surface area contributed by atoms with Crippen molar-refractivity contribution in [3.05, 3.63) is 46.2 Å². The van der Waals surface area contributed by atoms with Gasteiger partial charge in [0.25, 0.3) is 11.5 Å². The smallest absolute Gasteiger partial charge is 0.261 e. The lowest BCUT2D eigenvalue weighted by Crippen LogP contribution is -2.40. The molecule has 1 amide bonds. The number of benzene rings is 1. The van der Waals surface area contributed by atoms with Crippen molar-refractivity contribution < 1.29 is 4.79 Å². The second-order valence-electron chi connectivity index (χ2n) is 6.27. The number of fused-ring (bicyclic) bond motifs is 1. The number of hydrogen-bond acceptors (Lipinski definition) is 2. The molecule has 0 saturated heterocycles. The lowest BCUT2D eigenvalue weighted by atomic mass is 10.1. The third kappa shape index (κ3) is 2.46. The molecule has 0 spiro atoms. The van der Waals surface area contributed by atoms with Gasteiger partial charge in [-0.25, -0.2) is 0 Å². The quantitative estimate of drug-likeness (QED) is 0.904. The van der Waals surface area contributed by atoms with Crippen LogP contribution >= 0.6 is 0 Å². The lowest BCUT2D eigenvalue weighted by molar-refractivity contribution is 0.0925. The summed E-state index contributed by atoms with van der Waals surface area (Å²) in [6, 6.07) is 9.48. The van der Waals surface area contributed by atoms with Gasteiger partial charge in [-0.3, -0.25) is 9.59 Å². The van der Waals surface area contributed by atoms with E-state index in [2.05, 4.69) is 10.3 Å². The summed E-state index contributed by atoms with van der Waals surface area (Å²) in [5.74, 6) is 1.02. The molecule has 0 aliphatic heterocycles. The number of carbonyl (C=O) groups excluding carboxylic acids is 1. The molecule has 2 fully saturated rings. The van der Waals surface area contributed by atoms with E-state index < -0.39 is 0 Å². The van der Waals surface area contributed by atoms with Crippen LogP contribution in [0.15, 0.2) is 35.1 Å². The number of nitrogens with one attached hydrogen (secondary N) is 2. The van der Waals surface area contributed by atoms with Crippen molar-refractivity contribution in [1.29, 1.82) is 0 Å². The zero-order valence-electron chi connectivity index (χ0n) is 11.8. The summed E-state index contributed by atoms with van der Waals surface area (Å²) in [5.41, 5.74) is 0.677. The van der Waals surface area contributed by atoms with E-state index in [0.717, 1.165) is 10.9 Å². The van der Waals surface area contributed by atoms with E-state index in [1.165, 1.54) is 25.7 Å². The van der Waals surface area contributed by atoms with Crippen molar-refractivity contribution in [2.75, 3.05) is 0 Å². The fourth-order valence-electron chi connectivity index (χ4n) is 3.08. The number of aromatic nitrogens is 1. The number of pyridine rings is 1. The highest BCUT2D eigenvalue weighted by Crippen LogP contribution is 2.44. The molecule has 4 heteroatoms. The van der Waals surface area contributed by atoms with Gasteiger partial charge in [-0.15, -0.1) is 0 Å². The Morgan fingerprint density at radius 2 is 1.81 bits per heavy atom. The van der Waals surface area contributed by atoms with Crippen LogP contribution in [0, 0.1) is 11.8 Å². The summed E-state index contributed by atoms with van der Waals surface area (Å²) in [4.78, 5) is 27.3. The molecule has 2 aliphatic carbocycles. The molecule has 108 valence electrons. The van der Waals surface area contributed by atoms with Crippen molar-refractivity contribution in [3.8, 4) is 0 Å². The van der Waals surface area contributed by atoms with Crippen LogP contribution in [-0.2, 0) is 0 Å². The molecule has 21 heavy (non-hydrogen) atoms. The van der Waals surface area contributed by atoms with Gasteiger partial charge in [0.05, 0.1) is 0 Å². The van der Waals surface area contributed by atoms with E-state index in [-0.39, 0.29) is 23.1 Å². The Morgan fingerprint density at radius 1 is 1.14 bits per heavy atom. The van der Waals surface area contributed by atoms with Crippen molar-refractivity contribution in [2.24, 2.45) is 11.8 Å². The van der Waals surface area contributed by atoms with Gasteiger partial charge in [0.2, 0.25) is 0 Å². The molecule has 1 aromatic heterocycles. The number of rotatable bonds is 4. The SMILES string of the molecule is O=C(NC(C1CC1)C1CC1)c1cc2ccccc2[nH]c1=O. The molecule has 2 aromatic rings. The molecule has 2 N–H and O–H groups in total. The van der Waals surface area contributed by atoms with Gasteiger partial charge >= 0.3 is 0 Å². The van der Waals surface area contributed by atoms with Crippen LogP contribution in [-0.4, -0.2) is 16.9 Å². The molecule has 2 aliphatic rings. The Hall–Kier alpha value is -2.10. The third-order valence-corrected chi connectivity index (χ3v) is 4.56. The first-order valence-electron chi connectivity index (χ1n) is 7.65. The molecular weight excluding hydrogens is 264 g/mol. The molecule has 4 nitrogen and oxygen atoms in total. The van der Waals surface area contributed by atoms with Crippen LogP contribution in [0.3, 0.4) is 0 Å². The van der Waals surface area contributed by atoms with E-state index in [9.17, 15) is 9.59 Å². The first-order chi connectivity index (χ1) is 10.2. The molecule has 1 aromatic carbocycles. The topological polar surface area (TPSA) is 62.0 Å². The second-order valence-corrected chi connectivity index (χ2v) is 6.27. The Morgan fingerprint density at radius 3 is 2.48 bits per heavy atom. The Balaban J connectivity index is 1.63. The molecule has 0 radical (unpaired) electrons. The van der Waals surface area contributed by atoms with Crippen molar-refractivity contribution in [1.82, 2.24) is 10.3 Å². The normalized spacial score (nSPS) is 18.1. The summed E-state index contributed by atoms with van der Waals surface area (Å²) in [5, 5.41) is 3.99. The summed E-state index contributed by atoms with van der Waals surface area (Å²) in [7, 11) is 0. The van der Waals surface area contributed by atoms with Gasteiger partial charge < -0.3 is 10.3 Å². The molecular formula is C17H18N2O2. The Kier molecular flexibility index (Phi) is 2.84. The number of H-pyrrole nitrogens is 1. The van der Waals surface area contributed by atoms with Crippen LogP contribution in [0.1, 0.15) is 36.0 Å². The first kappa shape index (κ1) is 12.6. The monoisotopic (exact) mass is 282 g/mol. The number of aromatic amines is 1. The summed E-state index contributed by atoms with van der Waals surface area (Å²) < 4.78 is 0. The van der Waals surface area contributed by atoms with Crippen LogP contribution in [0.2, 0.25) is 0 Å². The molecule has 4 rings (SSSR count). The predicted octanol–water partition coefficient (Wildman–Crippen LogP) is 2.45. The van der Waals surface area contributed by atoms with E-state index >= 15 is 0 Å². The van der Waals surface area contributed by atoms with Crippen LogP contribution < -0.4 is 10.9 Å². The summed E-state index contributed by atoms with van der Waals surface area (Å²) in [6.07, 6.45) is 4.82. The first-order valence-corrected chi connectivity index (χ1v) is 7.65. The van der Waals surface area contributed by atoms with Gasteiger partial charge in [0, 0.05) is 11.6 Å². The zero-order valence-corrected chi connectivity index (χ0v) is 11.8. The lowest BCUT2D eigenvalue weighted by Gasteiger charge is -2.17. The molecule has 1 heterocycles. The maximum Gasteiger partial charge on any atom is 0.261 e. The maximum atomic E-state index is 12.5. The van der Waals surface area contributed by atoms with E-state index in [0.29, 0.717) is 11.8 Å². The van der Waals surface area contributed by atoms with Gasteiger partial charge in [-0.05, 0) is 55.0 Å². The average molecular weight is 282 g/mol.